The van der Waals surface area contributed by atoms with E-state index in [1.165, 1.54) is 5.56 Å². The Bertz CT molecular complexity index is 315. The minimum Gasteiger partial charge on any atom is -0.493 e. The Morgan fingerprint density at radius 3 is 2.44 bits per heavy atom. The van der Waals surface area contributed by atoms with E-state index in [0.29, 0.717) is 0 Å². The molecule has 1 aromatic carbocycles. The van der Waals surface area contributed by atoms with Crippen LogP contribution >= 0.6 is 12.6 Å². The monoisotopic (exact) mass is 238 g/mol. The number of ether oxygens (including phenoxy) is 1. The summed E-state index contributed by atoms with van der Waals surface area (Å²) in [6.07, 6.45) is 2.18. The van der Waals surface area contributed by atoms with Crippen LogP contribution in [0, 0.1) is 0 Å². The fourth-order valence-corrected chi connectivity index (χ4v) is 1.83. The van der Waals surface area contributed by atoms with Crippen molar-refractivity contribution in [2.45, 2.75) is 39.0 Å². The third-order valence-electron chi connectivity index (χ3n) is 2.51. The highest BCUT2D eigenvalue weighted by molar-refractivity contribution is 7.80. The molecule has 2 heteroatoms. The summed E-state index contributed by atoms with van der Waals surface area (Å²) >= 11 is 4.19. The lowest BCUT2D eigenvalue weighted by molar-refractivity contribution is 0.301. The van der Waals surface area contributed by atoms with Gasteiger partial charge in [0.2, 0.25) is 0 Å². The number of thiol groups is 1. The normalized spacial score (nSPS) is 11.5. The first kappa shape index (κ1) is 13.4. The summed E-state index contributed by atoms with van der Waals surface area (Å²) in [4.78, 5) is 0. The number of rotatable bonds is 5. The standard InChI is InChI=1S/C14H22OS/c1-14(2,3)12-8-4-5-9-13(12)15-10-6-7-11-16/h4-5,8-9,16H,6-7,10-11H2,1-3H3. The van der Waals surface area contributed by atoms with Crippen molar-refractivity contribution in [1.82, 2.24) is 0 Å². The fraction of sp³-hybridized carbons (Fsp3) is 0.571. The number of para-hydroxylation sites is 1. The average molecular weight is 238 g/mol. The lowest BCUT2D eigenvalue weighted by Gasteiger charge is -2.22. The van der Waals surface area contributed by atoms with E-state index < -0.39 is 0 Å². The maximum absolute atomic E-state index is 5.83. The Morgan fingerprint density at radius 1 is 1.12 bits per heavy atom. The van der Waals surface area contributed by atoms with Gasteiger partial charge < -0.3 is 4.74 Å². The molecule has 0 bridgehead atoms. The fourth-order valence-electron chi connectivity index (χ4n) is 1.61. The van der Waals surface area contributed by atoms with Crippen molar-refractivity contribution in [1.29, 1.82) is 0 Å². The first-order valence-corrected chi connectivity index (χ1v) is 6.52. The SMILES string of the molecule is CC(C)(C)c1ccccc1OCCCCS. The maximum atomic E-state index is 5.83. The number of hydrogen-bond donors (Lipinski definition) is 1. The van der Waals surface area contributed by atoms with Crippen LogP contribution in [0.5, 0.6) is 5.75 Å². The molecule has 0 aliphatic rings. The summed E-state index contributed by atoms with van der Waals surface area (Å²) in [6, 6.07) is 8.31. The zero-order valence-corrected chi connectivity index (χ0v) is 11.4. The van der Waals surface area contributed by atoms with E-state index in [2.05, 4.69) is 51.6 Å². The molecule has 16 heavy (non-hydrogen) atoms. The van der Waals surface area contributed by atoms with E-state index in [-0.39, 0.29) is 5.41 Å². The molecule has 0 unspecified atom stereocenters. The van der Waals surface area contributed by atoms with Crippen molar-refractivity contribution in [2.24, 2.45) is 0 Å². The summed E-state index contributed by atoms with van der Waals surface area (Å²) in [5, 5.41) is 0. The van der Waals surface area contributed by atoms with Gasteiger partial charge in [0.05, 0.1) is 6.61 Å². The quantitative estimate of drug-likeness (QED) is 0.601. The molecule has 1 aromatic rings. The second-order valence-corrected chi connectivity index (χ2v) is 5.47. The lowest BCUT2D eigenvalue weighted by Crippen LogP contribution is -2.13. The first-order valence-electron chi connectivity index (χ1n) is 5.89. The summed E-state index contributed by atoms with van der Waals surface area (Å²) < 4.78 is 5.83. The Labute approximate surface area is 105 Å². The van der Waals surface area contributed by atoms with E-state index in [4.69, 9.17) is 4.74 Å². The van der Waals surface area contributed by atoms with Crippen molar-refractivity contribution in [3.8, 4) is 5.75 Å². The molecular formula is C14H22OS. The molecule has 0 N–H and O–H groups in total. The average Bonchev–Trinajstić information content (AvgIpc) is 2.24. The van der Waals surface area contributed by atoms with Crippen LogP contribution in [0.25, 0.3) is 0 Å². The molecule has 1 rings (SSSR count). The molecule has 0 aliphatic carbocycles. The lowest BCUT2D eigenvalue weighted by atomic mass is 9.86. The summed E-state index contributed by atoms with van der Waals surface area (Å²) in [6.45, 7) is 7.42. The zero-order valence-electron chi connectivity index (χ0n) is 10.5. The van der Waals surface area contributed by atoms with Crippen LogP contribution in [0.15, 0.2) is 24.3 Å². The topological polar surface area (TPSA) is 9.23 Å². The van der Waals surface area contributed by atoms with Crippen LogP contribution in [0.3, 0.4) is 0 Å². The van der Waals surface area contributed by atoms with Gasteiger partial charge in [-0.3, -0.25) is 0 Å². The molecule has 0 spiro atoms. The highest BCUT2D eigenvalue weighted by Crippen LogP contribution is 2.30. The van der Waals surface area contributed by atoms with Gasteiger partial charge in [0, 0.05) is 0 Å². The highest BCUT2D eigenvalue weighted by atomic mass is 32.1. The molecular weight excluding hydrogens is 216 g/mol. The third-order valence-corrected chi connectivity index (χ3v) is 2.82. The number of hydrogen-bond acceptors (Lipinski definition) is 2. The van der Waals surface area contributed by atoms with Crippen LogP contribution in [0.1, 0.15) is 39.2 Å². The minimum atomic E-state index is 0.139. The van der Waals surface area contributed by atoms with Crippen LogP contribution in [-0.2, 0) is 5.41 Å². The molecule has 0 atom stereocenters. The summed E-state index contributed by atoms with van der Waals surface area (Å²) in [5.74, 6) is 1.96. The van der Waals surface area contributed by atoms with Crippen molar-refractivity contribution >= 4 is 12.6 Å². The van der Waals surface area contributed by atoms with Crippen LogP contribution < -0.4 is 4.74 Å². The molecule has 0 saturated carbocycles. The van der Waals surface area contributed by atoms with Crippen LogP contribution in [-0.4, -0.2) is 12.4 Å². The van der Waals surface area contributed by atoms with Crippen molar-refractivity contribution in [2.75, 3.05) is 12.4 Å². The third kappa shape index (κ3) is 4.09. The van der Waals surface area contributed by atoms with Gasteiger partial charge in [-0.05, 0) is 35.6 Å². The Balaban J connectivity index is 2.65. The summed E-state index contributed by atoms with van der Waals surface area (Å²) in [7, 11) is 0. The molecule has 0 fully saturated rings. The smallest absolute Gasteiger partial charge is 0.123 e. The van der Waals surface area contributed by atoms with E-state index in [9.17, 15) is 0 Å². The molecule has 90 valence electrons. The Hall–Kier alpha value is -0.630. The molecule has 0 amide bonds. The molecule has 0 heterocycles. The predicted molar refractivity (Wildman–Crippen MR) is 73.7 cm³/mol. The minimum absolute atomic E-state index is 0.139. The van der Waals surface area contributed by atoms with Gasteiger partial charge in [-0.1, -0.05) is 39.0 Å². The predicted octanol–water partition coefficient (Wildman–Crippen LogP) is 4.07. The Morgan fingerprint density at radius 2 is 1.81 bits per heavy atom. The van der Waals surface area contributed by atoms with E-state index in [1.807, 2.05) is 6.07 Å². The maximum Gasteiger partial charge on any atom is 0.123 e. The van der Waals surface area contributed by atoms with Crippen molar-refractivity contribution in [3.05, 3.63) is 29.8 Å². The number of unbranched alkanes of at least 4 members (excludes halogenated alkanes) is 1. The Kier molecular flexibility index (Phi) is 5.20. The summed E-state index contributed by atoms with van der Waals surface area (Å²) in [5.41, 5.74) is 1.42. The highest BCUT2D eigenvalue weighted by Gasteiger charge is 2.17. The largest absolute Gasteiger partial charge is 0.493 e. The van der Waals surface area contributed by atoms with Gasteiger partial charge in [0.15, 0.2) is 0 Å². The van der Waals surface area contributed by atoms with Gasteiger partial charge >= 0.3 is 0 Å². The number of benzene rings is 1. The molecule has 0 saturated heterocycles. The van der Waals surface area contributed by atoms with Gasteiger partial charge in [0.25, 0.3) is 0 Å². The molecule has 0 aromatic heterocycles. The van der Waals surface area contributed by atoms with Crippen LogP contribution in [0.2, 0.25) is 0 Å². The van der Waals surface area contributed by atoms with Crippen molar-refractivity contribution < 1.29 is 4.74 Å². The van der Waals surface area contributed by atoms with E-state index in [1.54, 1.807) is 0 Å². The van der Waals surface area contributed by atoms with Gasteiger partial charge in [0.1, 0.15) is 5.75 Å². The molecule has 0 radical (unpaired) electrons. The van der Waals surface area contributed by atoms with Crippen molar-refractivity contribution in [3.63, 3.8) is 0 Å². The van der Waals surface area contributed by atoms with E-state index >= 15 is 0 Å². The molecule has 0 aliphatic heterocycles. The second kappa shape index (κ2) is 6.19. The van der Waals surface area contributed by atoms with Gasteiger partial charge in [-0.2, -0.15) is 12.6 Å². The van der Waals surface area contributed by atoms with E-state index in [0.717, 1.165) is 31.0 Å². The van der Waals surface area contributed by atoms with Gasteiger partial charge in [-0.15, -0.1) is 0 Å². The second-order valence-electron chi connectivity index (χ2n) is 5.03. The molecule has 1 nitrogen and oxygen atoms in total. The van der Waals surface area contributed by atoms with Crippen LogP contribution in [0.4, 0.5) is 0 Å². The van der Waals surface area contributed by atoms with Gasteiger partial charge in [-0.25, -0.2) is 0 Å². The zero-order chi connectivity index (χ0) is 12.0. The first-order chi connectivity index (χ1) is 7.55.